The van der Waals surface area contributed by atoms with Crippen molar-refractivity contribution in [1.29, 1.82) is 0 Å². The molecule has 0 fully saturated rings. The molecule has 0 saturated carbocycles. The minimum Gasteiger partial charge on any atom is -0.0999 e. The van der Waals surface area contributed by atoms with Crippen LogP contribution in [0.15, 0.2) is 91.0 Å². The van der Waals surface area contributed by atoms with E-state index in [1.165, 1.54) is 22.6 Å². The zero-order chi connectivity index (χ0) is 12.9. The molecular formula is C19H15Na2+. The fourth-order valence-corrected chi connectivity index (χ4v) is 2.31. The van der Waals surface area contributed by atoms with Gasteiger partial charge in [-0.05, 0) is 0 Å². The summed E-state index contributed by atoms with van der Waals surface area (Å²) in [5.41, 5.74) is 3.75. The van der Waals surface area contributed by atoms with E-state index in [0.717, 1.165) is 0 Å². The van der Waals surface area contributed by atoms with Crippen molar-refractivity contribution in [2.45, 2.75) is 0 Å². The minimum absolute atomic E-state index is 0. The minimum atomic E-state index is 0. The van der Waals surface area contributed by atoms with Crippen molar-refractivity contribution < 1.29 is 59.1 Å². The van der Waals surface area contributed by atoms with Crippen LogP contribution in [0.5, 0.6) is 0 Å². The zero-order valence-electron chi connectivity index (χ0n) is 12.7. The van der Waals surface area contributed by atoms with E-state index < -0.39 is 0 Å². The van der Waals surface area contributed by atoms with Crippen molar-refractivity contribution in [1.82, 2.24) is 0 Å². The Morgan fingerprint density at radius 3 is 0.857 bits per heavy atom. The molecule has 2 heteroatoms. The van der Waals surface area contributed by atoms with Gasteiger partial charge in [0.1, 0.15) is 0 Å². The molecule has 0 saturated heterocycles. The summed E-state index contributed by atoms with van der Waals surface area (Å²) < 4.78 is 0. The van der Waals surface area contributed by atoms with Crippen LogP contribution in [0.2, 0.25) is 0 Å². The second kappa shape index (κ2) is 9.53. The van der Waals surface area contributed by atoms with Crippen LogP contribution in [0.1, 0.15) is 16.7 Å². The van der Waals surface area contributed by atoms with Gasteiger partial charge in [-0.25, -0.2) is 0 Å². The van der Waals surface area contributed by atoms with E-state index in [1.807, 2.05) is 0 Å². The molecule has 0 aliphatic carbocycles. The van der Waals surface area contributed by atoms with Gasteiger partial charge in [0.05, 0.1) is 0 Å². The van der Waals surface area contributed by atoms with Crippen LogP contribution in [0.3, 0.4) is 0 Å². The maximum Gasteiger partial charge on any atom is 1.00 e. The molecule has 0 amide bonds. The van der Waals surface area contributed by atoms with Gasteiger partial charge in [0, 0.05) is 0 Å². The number of hydrogen-bond donors (Lipinski definition) is 0. The summed E-state index contributed by atoms with van der Waals surface area (Å²) in [5.74, 6) is 1.28. The summed E-state index contributed by atoms with van der Waals surface area (Å²) >= 11 is 0. The Balaban J connectivity index is 0.00000110. The van der Waals surface area contributed by atoms with Crippen molar-refractivity contribution in [2.24, 2.45) is 0 Å². The van der Waals surface area contributed by atoms with E-state index in [1.54, 1.807) is 0 Å². The Bertz CT molecular complexity index is 528. The van der Waals surface area contributed by atoms with Crippen LogP contribution in [-0.4, -0.2) is 0 Å². The molecule has 3 aromatic rings. The molecule has 0 radical (unpaired) electrons. The van der Waals surface area contributed by atoms with E-state index in [-0.39, 0.29) is 59.1 Å². The van der Waals surface area contributed by atoms with Crippen LogP contribution < -0.4 is 59.1 Å². The van der Waals surface area contributed by atoms with E-state index in [0.29, 0.717) is 0 Å². The summed E-state index contributed by atoms with van der Waals surface area (Å²) in [6, 6.07) is 31.6. The second-order valence-electron chi connectivity index (χ2n) is 4.47. The van der Waals surface area contributed by atoms with Crippen LogP contribution in [0.4, 0.5) is 0 Å². The molecule has 0 heterocycles. The van der Waals surface area contributed by atoms with Gasteiger partial charge in [-0.1, -0.05) is 114 Å². The van der Waals surface area contributed by atoms with Crippen molar-refractivity contribution in [3.05, 3.63) is 114 Å². The summed E-state index contributed by atoms with van der Waals surface area (Å²) in [4.78, 5) is 0. The average Bonchev–Trinajstić information content (AvgIpc) is 2.51. The first-order chi connectivity index (χ1) is 9.45. The van der Waals surface area contributed by atoms with Crippen molar-refractivity contribution >= 4 is 0 Å². The Morgan fingerprint density at radius 2 is 0.619 bits per heavy atom. The van der Waals surface area contributed by atoms with Crippen LogP contribution in [-0.2, 0) is 0 Å². The van der Waals surface area contributed by atoms with Crippen molar-refractivity contribution in [3.8, 4) is 0 Å². The average molecular weight is 289 g/mol. The van der Waals surface area contributed by atoms with Crippen LogP contribution >= 0.6 is 0 Å². The van der Waals surface area contributed by atoms with E-state index >= 15 is 0 Å². The van der Waals surface area contributed by atoms with Crippen molar-refractivity contribution in [2.75, 3.05) is 0 Å². The van der Waals surface area contributed by atoms with Crippen molar-refractivity contribution in [3.63, 3.8) is 0 Å². The molecule has 0 aliphatic heterocycles. The first kappa shape index (κ1) is 18.6. The number of rotatable bonds is 3. The van der Waals surface area contributed by atoms with Gasteiger partial charge >= 0.3 is 59.1 Å². The molecular weight excluding hydrogens is 274 g/mol. The topological polar surface area (TPSA) is 0 Å². The predicted octanol–water partition coefficient (Wildman–Crippen LogP) is -1.29. The van der Waals surface area contributed by atoms with E-state index in [4.69, 9.17) is 0 Å². The summed E-state index contributed by atoms with van der Waals surface area (Å²) in [6.45, 7) is 0. The number of benzene rings is 3. The molecule has 21 heavy (non-hydrogen) atoms. The van der Waals surface area contributed by atoms with Gasteiger partial charge in [0.15, 0.2) is 0 Å². The smallest absolute Gasteiger partial charge is 0.0999 e. The van der Waals surface area contributed by atoms with E-state index in [2.05, 4.69) is 91.0 Å². The van der Waals surface area contributed by atoms with Crippen LogP contribution in [0.25, 0.3) is 0 Å². The monoisotopic (exact) mass is 289 g/mol. The third kappa shape index (κ3) is 4.75. The third-order valence-electron chi connectivity index (χ3n) is 3.19. The van der Waals surface area contributed by atoms with Gasteiger partial charge in [-0.3, -0.25) is 0 Å². The summed E-state index contributed by atoms with van der Waals surface area (Å²) in [6.07, 6.45) is 0. The Kier molecular flexibility index (Phi) is 8.43. The normalized spacial score (nSPS) is 9.14. The Labute approximate surface area is 171 Å². The molecule has 0 nitrogen and oxygen atoms in total. The molecule has 0 aromatic heterocycles. The quantitative estimate of drug-likeness (QED) is 0.320. The van der Waals surface area contributed by atoms with Gasteiger partial charge in [-0.15, -0.1) is 0 Å². The van der Waals surface area contributed by atoms with Gasteiger partial charge < -0.3 is 0 Å². The molecule has 0 N–H and O–H groups in total. The summed E-state index contributed by atoms with van der Waals surface area (Å²) in [5, 5.41) is 0. The molecule has 3 rings (SSSR count). The summed E-state index contributed by atoms with van der Waals surface area (Å²) in [7, 11) is 0. The Hall–Kier alpha value is -0.470. The molecule has 0 atom stereocenters. The first-order valence-electron chi connectivity index (χ1n) is 6.48. The fraction of sp³-hybridized carbons (Fsp3) is 0. The Morgan fingerprint density at radius 1 is 0.381 bits per heavy atom. The van der Waals surface area contributed by atoms with Crippen LogP contribution in [0, 0.1) is 5.92 Å². The molecule has 3 aromatic carbocycles. The largest absolute Gasteiger partial charge is 1.00 e. The first-order valence-corrected chi connectivity index (χ1v) is 6.48. The predicted molar refractivity (Wildman–Crippen MR) is 79.9 cm³/mol. The molecule has 0 spiro atoms. The van der Waals surface area contributed by atoms with Gasteiger partial charge in [0.25, 0.3) is 0 Å². The standard InChI is InChI=1S/C19H15.2Na/c1-4-10-16(11-5-1)19(17-12-6-2-7-13-17)18-14-8-3-9-15-18;;/h1-15H;;/q-1;2*+1. The molecule has 0 bridgehead atoms. The maximum absolute atomic E-state index is 2.16. The van der Waals surface area contributed by atoms with Gasteiger partial charge in [-0.2, -0.15) is 0 Å². The third-order valence-corrected chi connectivity index (χ3v) is 3.19. The zero-order valence-corrected chi connectivity index (χ0v) is 16.7. The van der Waals surface area contributed by atoms with Gasteiger partial charge in [0.2, 0.25) is 0 Å². The fourth-order valence-electron chi connectivity index (χ4n) is 2.31. The van der Waals surface area contributed by atoms with E-state index in [9.17, 15) is 0 Å². The molecule has 0 unspecified atom stereocenters. The molecule has 0 aliphatic rings. The second-order valence-corrected chi connectivity index (χ2v) is 4.47. The maximum atomic E-state index is 2.16. The SMILES string of the molecule is [Na+].[Na+].c1ccc([C-](c2ccccc2)c2ccccc2)cc1. The molecule has 92 valence electrons. The number of hydrogen-bond acceptors (Lipinski definition) is 0.